The standard InChI is InChI=1S/C10H14N2O4/c1-10(12-11,9(15)16)5-6-2-3-7(13)8(14)4-6/h2-4,12-14H,5,11H2,1H3,(H,15,16)/p-1. The van der Waals surface area contributed by atoms with Crippen LogP contribution in [-0.2, 0) is 11.2 Å². The van der Waals surface area contributed by atoms with Gasteiger partial charge in [0.05, 0.1) is 11.5 Å². The minimum Gasteiger partial charge on any atom is -0.548 e. The number of carboxylic acids is 1. The lowest BCUT2D eigenvalue weighted by Gasteiger charge is -2.29. The summed E-state index contributed by atoms with van der Waals surface area (Å²) < 4.78 is 0. The highest BCUT2D eigenvalue weighted by atomic mass is 16.4. The third kappa shape index (κ3) is 2.41. The Morgan fingerprint density at radius 3 is 2.56 bits per heavy atom. The minimum absolute atomic E-state index is 0.0275. The largest absolute Gasteiger partial charge is 0.548 e. The van der Waals surface area contributed by atoms with Crippen molar-refractivity contribution in [1.29, 1.82) is 0 Å². The zero-order valence-electron chi connectivity index (χ0n) is 8.73. The van der Waals surface area contributed by atoms with E-state index in [4.69, 9.17) is 10.9 Å². The summed E-state index contributed by atoms with van der Waals surface area (Å²) in [5.74, 6) is 3.22. The predicted octanol–water partition coefficient (Wildman–Crippen LogP) is -1.39. The summed E-state index contributed by atoms with van der Waals surface area (Å²) in [6.07, 6.45) is 0.0275. The number of hydrogen-bond acceptors (Lipinski definition) is 6. The second-order valence-electron chi connectivity index (χ2n) is 3.76. The maximum atomic E-state index is 10.8. The Bertz CT molecular complexity index is 408. The Kier molecular flexibility index (Phi) is 3.36. The van der Waals surface area contributed by atoms with Crippen LogP contribution in [0.1, 0.15) is 12.5 Å². The van der Waals surface area contributed by atoms with E-state index in [1.54, 1.807) is 0 Å². The molecule has 6 heteroatoms. The number of aliphatic carboxylic acids is 1. The molecule has 88 valence electrons. The highest BCUT2D eigenvalue weighted by Crippen LogP contribution is 2.26. The van der Waals surface area contributed by atoms with Gasteiger partial charge in [-0.1, -0.05) is 6.07 Å². The van der Waals surface area contributed by atoms with E-state index in [1.165, 1.54) is 25.1 Å². The van der Waals surface area contributed by atoms with Gasteiger partial charge in [0.15, 0.2) is 11.5 Å². The van der Waals surface area contributed by atoms with Crippen molar-refractivity contribution in [2.75, 3.05) is 0 Å². The van der Waals surface area contributed by atoms with Crippen molar-refractivity contribution in [3.05, 3.63) is 23.8 Å². The van der Waals surface area contributed by atoms with E-state index in [0.717, 1.165) is 0 Å². The van der Waals surface area contributed by atoms with Gasteiger partial charge in [0, 0.05) is 0 Å². The third-order valence-corrected chi connectivity index (χ3v) is 2.37. The maximum Gasteiger partial charge on any atom is 0.157 e. The molecule has 0 aliphatic rings. The van der Waals surface area contributed by atoms with Crippen LogP contribution in [0.3, 0.4) is 0 Å². The molecule has 1 aromatic rings. The Hall–Kier alpha value is -1.79. The second kappa shape index (κ2) is 4.38. The molecular formula is C10H13N2O4-. The van der Waals surface area contributed by atoms with Crippen LogP contribution in [0, 0.1) is 0 Å². The van der Waals surface area contributed by atoms with Crippen LogP contribution in [0.15, 0.2) is 18.2 Å². The highest BCUT2D eigenvalue weighted by molar-refractivity contribution is 5.76. The first-order chi connectivity index (χ1) is 7.39. The lowest BCUT2D eigenvalue weighted by atomic mass is 9.93. The lowest BCUT2D eigenvalue weighted by Crippen LogP contribution is -2.60. The average molecular weight is 225 g/mol. The minimum atomic E-state index is -1.43. The summed E-state index contributed by atoms with van der Waals surface area (Å²) in [6.45, 7) is 1.37. The number of nitrogens with two attached hydrogens (primary N) is 1. The van der Waals surface area contributed by atoms with Crippen LogP contribution in [0.25, 0.3) is 0 Å². The van der Waals surface area contributed by atoms with Crippen molar-refractivity contribution < 1.29 is 20.1 Å². The second-order valence-corrected chi connectivity index (χ2v) is 3.76. The fourth-order valence-electron chi connectivity index (χ4n) is 1.27. The number of carbonyl (C=O) groups is 1. The van der Waals surface area contributed by atoms with E-state index in [1.807, 2.05) is 0 Å². The van der Waals surface area contributed by atoms with Crippen LogP contribution in [-0.4, -0.2) is 21.7 Å². The Morgan fingerprint density at radius 1 is 1.50 bits per heavy atom. The van der Waals surface area contributed by atoms with Crippen molar-refractivity contribution in [2.45, 2.75) is 18.9 Å². The van der Waals surface area contributed by atoms with Crippen molar-refractivity contribution in [2.24, 2.45) is 5.84 Å². The zero-order valence-corrected chi connectivity index (χ0v) is 8.73. The summed E-state index contributed by atoms with van der Waals surface area (Å²) in [6, 6.07) is 4.04. The zero-order chi connectivity index (χ0) is 12.3. The predicted molar refractivity (Wildman–Crippen MR) is 54.2 cm³/mol. The molecule has 1 rings (SSSR count). The first-order valence-corrected chi connectivity index (χ1v) is 4.59. The highest BCUT2D eigenvalue weighted by Gasteiger charge is 2.24. The van der Waals surface area contributed by atoms with E-state index in [9.17, 15) is 15.0 Å². The molecule has 0 aliphatic carbocycles. The third-order valence-electron chi connectivity index (χ3n) is 2.37. The van der Waals surface area contributed by atoms with E-state index >= 15 is 0 Å². The molecule has 1 unspecified atom stereocenters. The van der Waals surface area contributed by atoms with E-state index in [-0.39, 0.29) is 17.9 Å². The lowest BCUT2D eigenvalue weighted by molar-refractivity contribution is -0.313. The molecule has 0 bridgehead atoms. The SMILES string of the molecule is CC(Cc1ccc(O)c(O)c1)(NN)C(=O)[O-]. The number of hydrogen-bond donors (Lipinski definition) is 4. The Balaban J connectivity index is 2.95. The number of aromatic hydroxyl groups is 2. The van der Waals surface area contributed by atoms with Crippen LogP contribution >= 0.6 is 0 Å². The molecule has 0 saturated heterocycles. The number of phenolic OH excluding ortho intramolecular Hbond substituents is 2. The monoisotopic (exact) mass is 225 g/mol. The fourth-order valence-corrected chi connectivity index (χ4v) is 1.27. The quantitative estimate of drug-likeness (QED) is 0.284. The molecule has 5 N–H and O–H groups in total. The van der Waals surface area contributed by atoms with Gasteiger partial charge in [-0.3, -0.25) is 5.84 Å². The maximum absolute atomic E-state index is 10.8. The number of nitrogens with one attached hydrogen (secondary N) is 1. The first-order valence-electron chi connectivity index (χ1n) is 4.59. The van der Waals surface area contributed by atoms with E-state index in [0.29, 0.717) is 5.56 Å². The van der Waals surface area contributed by atoms with Gasteiger partial charge in [0.2, 0.25) is 0 Å². The average Bonchev–Trinajstić information content (AvgIpc) is 2.23. The summed E-state index contributed by atoms with van der Waals surface area (Å²) >= 11 is 0. The van der Waals surface area contributed by atoms with Crippen LogP contribution in [0.2, 0.25) is 0 Å². The molecule has 0 radical (unpaired) electrons. The van der Waals surface area contributed by atoms with Crippen LogP contribution in [0.5, 0.6) is 11.5 Å². The van der Waals surface area contributed by atoms with Crippen LogP contribution in [0.4, 0.5) is 0 Å². The molecule has 16 heavy (non-hydrogen) atoms. The van der Waals surface area contributed by atoms with Gasteiger partial charge in [-0.2, -0.15) is 0 Å². The molecule has 0 spiro atoms. The molecular weight excluding hydrogens is 212 g/mol. The van der Waals surface area contributed by atoms with Crippen molar-refractivity contribution >= 4 is 5.97 Å². The Morgan fingerprint density at radius 2 is 2.12 bits per heavy atom. The van der Waals surface area contributed by atoms with Gasteiger partial charge in [-0.05, 0) is 31.0 Å². The molecule has 0 aromatic heterocycles. The van der Waals surface area contributed by atoms with Gasteiger partial charge in [0.1, 0.15) is 0 Å². The van der Waals surface area contributed by atoms with E-state index in [2.05, 4.69) is 5.43 Å². The van der Waals surface area contributed by atoms with Gasteiger partial charge in [0.25, 0.3) is 0 Å². The normalized spacial score (nSPS) is 14.4. The summed E-state index contributed by atoms with van der Waals surface area (Å²) in [5.41, 5.74) is 1.24. The number of carbonyl (C=O) groups excluding carboxylic acids is 1. The summed E-state index contributed by atoms with van der Waals surface area (Å²) in [5, 5.41) is 29.2. The molecule has 0 amide bonds. The van der Waals surface area contributed by atoms with Crippen LogP contribution < -0.4 is 16.4 Å². The van der Waals surface area contributed by atoms with Gasteiger partial charge >= 0.3 is 0 Å². The molecule has 1 aromatic carbocycles. The summed E-state index contributed by atoms with van der Waals surface area (Å²) in [7, 11) is 0. The molecule has 1 atom stereocenters. The fraction of sp³-hybridized carbons (Fsp3) is 0.300. The van der Waals surface area contributed by atoms with Gasteiger partial charge < -0.3 is 20.1 Å². The summed E-state index contributed by atoms with van der Waals surface area (Å²) in [4.78, 5) is 10.8. The van der Waals surface area contributed by atoms with Gasteiger partial charge in [-0.15, -0.1) is 0 Å². The van der Waals surface area contributed by atoms with E-state index < -0.39 is 11.5 Å². The molecule has 0 saturated carbocycles. The van der Waals surface area contributed by atoms with Crippen molar-refractivity contribution in [1.82, 2.24) is 5.43 Å². The number of rotatable bonds is 4. The number of phenols is 2. The first kappa shape index (κ1) is 12.3. The Labute approximate surface area is 92.3 Å². The van der Waals surface area contributed by atoms with Crippen molar-refractivity contribution in [3.8, 4) is 11.5 Å². The molecule has 6 nitrogen and oxygen atoms in total. The molecule has 0 aliphatic heterocycles. The number of carboxylic acid groups (broad SMARTS) is 1. The van der Waals surface area contributed by atoms with Gasteiger partial charge in [-0.25, -0.2) is 5.43 Å². The number of benzene rings is 1. The topological polar surface area (TPSA) is 119 Å². The smallest absolute Gasteiger partial charge is 0.157 e. The van der Waals surface area contributed by atoms with Crippen molar-refractivity contribution in [3.63, 3.8) is 0 Å². The molecule has 0 heterocycles. The number of hydrazine groups is 1. The molecule has 0 fully saturated rings.